The van der Waals surface area contributed by atoms with Gasteiger partial charge in [0.25, 0.3) is 0 Å². The third kappa shape index (κ3) is 4.65. The highest BCUT2D eigenvalue weighted by atomic mass is 19.1. The van der Waals surface area contributed by atoms with Crippen molar-refractivity contribution in [2.45, 2.75) is 13.5 Å². The highest BCUT2D eigenvalue weighted by Crippen LogP contribution is 2.10. The molecule has 3 nitrogen and oxygen atoms in total. The maximum absolute atomic E-state index is 13.4. The first-order valence-corrected chi connectivity index (χ1v) is 6.56. The van der Waals surface area contributed by atoms with Crippen molar-refractivity contribution in [1.82, 2.24) is 5.32 Å². The van der Waals surface area contributed by atoms with E-state index in [2.05, 4.69) is 10.6 Å². The van der Waals surface area contributed by atoms with Crippen LogP contribution < -0.4 is 10.6 Å². The van der Waals surface area contributed by atoms with Crippen LogP contribution in [-0.4, -0.2) is 12.5 Å². The van der Waals surface area contributed by atoms with Crippen molar-refractivity contribution in [3.63, 3.8) is 0 Å². The van der Waals surface area contributed by atoms with Gasteiger partial charge in [0.05, 0.1) is 6.54 Å². The molecule has 0 atom stereocenters. The van der Waals surface area contributed by atoms with Gasteiger partial charge in [-0.1, -0.05) is 18.2 Å². The molecule has 21 heavy (non-hydrogen) atoms. The van der Waals surface area contributed by atoms with Crippen LogP contribution in [0.4, 0.5) is 14.5 Å². The van der Waals surface area contributed by atoms with E-state index in [0.29, 0.717) is 5.56 Å². The summed E-state index contributed by atoms with van der Waals surface area (Å²) in [5, 5.41) is 5.56. The van der Waals surface area contributed by atoms with Gasteiger partial charge in [-0.25, -0.2) is 8.78 Å². The van der Waals surface area contributed by atoms with Gasteiger partial charge in [-0.15, -0.1) is 0 Å². The van der Waals surface area contributed by atoms with Gasteiger partial charge >= 0.3 is 0 Å². The van der Waals surface area contributed by atoms with E-state index >= 15 is 0 Å². The van der Waals surface area contributed by atoms with Crippen LogP contribution >= 0.6 is 0 Å². The lowest BCUT2D eigenvalue weighted by atomic mass is 10.2. The van der Waals surface area contributed by atoms with Crippen LogP contribution in [-0.2, 0) is 11.3 Å². The fourth-order valence-electron chi connectivity index (χ4n) is 1.90. The predicted octanol–water partition coefficient (Wildman–Crippen LogP) is 3.00. The highest BCUT2D eigenvalue weighted by molar-refractivity contribution is 5.92. The van der Waals surface area contributed by atoms with E-state index in [1.165, 1.54) is 12.1 Å². The number of rotatable bonds is 5. The number of aryl methyl sites for hydroxylation is 1. The van der Waals surface area contributed by atoms with Crippen LogP contribution in [0.2, 0.25) is 0 Å². The lowest BCUT2D eigenvalue weighted by Gasteiger charge is -2.08. The van der Waals surface area contributed by atoms with Gasteiger partial charge < -0.3 is 10.6 Å². The maximum atomic E-state index is 13.4. The molecule has 0 unspecified atom stereocenters. The van der Waals surface area contributed by atoms with Crippen LogP contribution in [0.3, 0.4) is 0 Å². The number of anilines is 1. The third-order valence-corrected chi connectivity index (χ3v) is 2.92. The summed E-state index contributed by atoms with van der Waals surface area (Å²) in [4.78, 5) is 11.7. The molecule has 0 saturated carbocycles. The SMILES string of the molecule is Cc1cccc(NC(=O)CNCc2ccc(F)cc2F)c1. The molecule has 0 aliphatic heterocycles. The molecule has 2 aromatic carbocycles. The van der Waals surface area contributed by atoms with E-state index in [-0.39, 0.29) is 19.0 Å². The minimum Gasteiger partial charge on any atom is -0.325 e. The monoisotopic (exact) mass is 290 g/mol. The Morgan fingerprint density at radius 2 is 1.95 bits per heavy atom. The van der Waals surface area contributed by atoms with E-state index < -0.39 is 11.6 Å². The smallest absolute Gasteiger partial charge is 0.238 e. The van der Waals surface area contributed by atoms with Crippen molar-refractivity contribution in [1.29, 1.82) is 0 Å². The third-order valence-electron chi connectivity index (χ3n) is 2.92. The number of nitrogens with one attached hydrogen (secondary N) is 2. The summed E-state index contributed by atoms with van der Waals surface area (Å²) in [6.07, 6.45) is 0. The molecule has 0 heterocycles. The van der Waals surface area contributed by atoms with Crippen LogP contribution in [0.5, 0.6) is 0 Å². The summed E-state index contributed by atoms with van der Waals surface area (Å²) in [5.41, 5.74) is 2.09. The molecule has 0 aliphatic rings. The Bertz CT molecular complexity index is 644. The molecule has 0 bridgehead atoms. The van der Waals surface area contributed by atoms with Crippen molar-refractivity contribution in [3.05, 3.63) is 65.2 Å². The van der Waals surface area contributed by atoms with Crippen molar-refractivity contribution in [2.75, 3.05) is 11.9 Å². The fraction of sp³-hybridized carbons (Fsp3) is 0.188. The summed E-state index contributed by atoms with van der Waals surface area (Å²) in [6, 6.07) is 10.8. The zero-order chi connectivity index (χ0) is 15.2. The van der Waals surface area contributed by atoms with E-state index in [1.54, 1.807) is 6.07 Å². The number of hydrogen-bond acceptors (Lipinski definition) is 2. The Hall–Kier alpha value is -2.27. The lowest BCUT2D eigenvalue weighted by Crippen LogP contribution is -2.28. The van der Waals surface area contributed by atoms with Crippen molar-refractivity contribution in [3.8, 4) is 0 Å². The van der Waals surface area contributed by atoms with E-state index in [1.807, 2.05) is 25.1 Å². The van der Waals surface area contributed by atoms with Gasteiger partial charge in [0, 0.05) is 23.9 Å². The molecule has 0 spiro atoms. The second-order valence-corrected chi connectivity index (χ2v) is 4.76. The van der Waals surface area contributed by atoms with Gasteiger partial charge in [-0.2, -0.15) is 0 Å². The quantitative estimate of drug-likeness (QED) is 0.889. The molecular formula is C16H16F2N2O. The molecule has 2 N–H and O–H groups in total. The standard InChI is InChI=1S/C16H16F2N2O/c1-11-3-2-4-14(7-11)20-16(21)10-19-9-12-5-6-13(17)8-15(12)18/h2-8,19H,9-10H2,1H3,(H,20,21). The molecule has 1 amide bonds. The Labute approximate surface area is 122 Å². The number of amides is 1. The minimum absolute atomic E-state index is 0.0464. The summed E-state index contributed by atoms with van der Waals surface area (Å²) in [5.74, 6) is -1.46. The van der Waals surface area contributed by atoms with Crippen LogP contribution in [0.1, 0.15) is 11.1 Å². The van der Waals surface area contributed by atoms with Gasteiger partial charge in [-0.05, 0) is 30.7 Å². The molecule has 2 rings (SSSR count). The average molecular weight is 290 g/mol. The molecule has 5 heteroatoms. The first kappa shape index (κ1) is 15.1. The normalized spacial score (nSPS) is 10.4. The van der Waals surface area contributed by atoms with Gasteiger partial charge in [0.2, 0.25) is 5.91 Å². The second-order valence-electron chi connectivity index (χ2n) is 4.76. The molecule has 2 aromatic rings. The molecule has 110 valence electrons. The maximum Gasteiger partial charge on any atom is 0.238 e. The number of hydrogen-bond donors (Lipinski definition) is 2. The Morgan fingerprint density at radius 1 is 1.14 bits per heavy atom. The summed E-state index contributed by atoms with van der Waals surface area (Å²) >= 11 is 0. The largest absolute Gasteiger partial charge is 0.325 e. The van der Waals surface area contributed by atoms with Gasteiger partial charge in [0.15, 0.2) is 0 Å². The second kappa shape index (κ2) is 6.95. The van der Waals surface area contributed by atoms with Crippen LogP contribution in [0, 0.1) is 18.6 Å². The predicted molar refractivity (Wildman–Crippen MR) is 77.9 cm³/mol. The van der Waals surface area contributed by atoms with Crippen molar-refractivity contribution in [2.24, 2.45) is 0 Å². The molecular weight excluding hydrogens is 274 g/mol. The molecule has 0 aromatic heterocycles. The highest BCUT2D eigenvalue weighted by Gasteiger charge is 2.05. The zero-order valence-electron chi connectivity index (χ0n) is 11.6. The Kier molecular flexibility index (Phi) is 5.00. The number of carbonyl (C=O) groups is 1. The Morgan fingerprint density at radius 3 is 2.67 bits per heavy atom. The number of benzene rings is 2. The van der Waals surface area contributed by atoms with Gasteiger partial charge in [0.1, 0.15) is 11.6 Å². The van der Waals surface area contributed by atoms with E-state index in [4.69, 9.17) is 0 Å². The van der Waals surface area contributed by atoms with Crippen molar-refractivity contribution < 1.29 is 13.6 Å². The first-order valence-electron chi connectivity index (χ1n) is 6.56. The van der Waals surface area contributed by atoms with E-state index in [0.717, 1.165) is 17.3 Å². The fourth-order valence-corrected chi connectivity index (χ4v) is 1.90. The van der Waals surface area contributed by atoms with Crippen molar-refractivity contribution >= 4 is 11.6 Å². The molecule has 0 saturated heterocycles. The zero-order valence-corrected chi connectivity index (χ0v) is 11.6. The summed E-state index contributed by atoms with van der Waals surface area (Å²) < 4.78 is 26.1. The van der Waals surface area contributed by atoms with Crippen LogP contribution in [0.25, 0.3) is 0 Å². The summed E-state index contributed by atoms with van der Waals surface area (Å²) in [6.45, 7) is 2.14. The molecule has 0 aliphatic carbocycles. The first-order chi connectivity index (χ1) is 10.0. The minimum atomic E-state index is -0.624. The summed E-state index contributed by atoms with van der Waals surface area (Å²) in [7, 11) is 0. The topological polar surface area (TPSA) is 41.1 Å². The van der Waals surface area contributed by atoms with Gasteiger partial charge in [-0.3, -0.25) is 4.79 Å². The average Bonchev–Trinajstić information content (AvgIpc) is 2.41. The molecule has 0 fully saturated rings. The number of halogens is 2. The van der Waals surface area contributed by atoms with E-state index in [9.17, 15) is 13.6 Å². The van der Waals surface area contributed by atoms with Crippen LogP contribution in [0.15, 0.2) is 42.5 Å². The lowest BCUT2D eigenvalue weighted by molar-refractivity contribution is -0.115. The Balaban J connectivity index is 1.81. The molecule has 0 radical (unpaired) electrons. The number of carbonyl (C=O) groups excluding carboxylic acids is 1.